The van der Waals surface area contributed by atoms with E-state index >= 15 is 0 Å². The summed E-state index contributed by atoms with van der Waals surface area (Å²) in [6, 6.07) is 5.88. The van der Waals surface area contributed by atoms with Gasteiger partial charge in [0.15, 0.2) is 0 Å². The van der Waals surface area contributed by atoms with Crippen LogP contribution < -0.4 is 0 Å². The fourth-order valence-electron chi connectivity index (χ4n) is 2.18. The molecule has 0 aliphatic carbocycles. The van der Waals surface area contributed by atoms with Crippen LogP contribution in [0.1, 0.15) is 23.7 Å². The Bertz CT molecular complexity index is 541. The van der Waals surface area contributed by atoms with Crippen LogP contribution >= 0.6 is 0 Å². The van der Waals surface area contributed by atoms with Gasteiger partial charge in [0.25, 0.3) is 11.6 Å². The van der Waals surface area contributed by atoms with Crippen LogP contribution in [-0.4, -0.2) is 34.6 Å². The number of nitro groups is 1. The average Bonchev–Trinajstić information content (AvgIpc) is 2.41. The number of para-hydroxylation sites is 1. The summed E-state index contributed by atoms with van der Waals surface area (Å²) >= 11 is 0. The van der Waals surface area contributed by atoms with E-state index in [-0.39, 0.29) is 28.9 Å². The van der Waals surface area contributed by atoms with E-state index in [0.29, 0.717) is 19.5 Å². The molecule has 100 valence electrons. The molecule has 1 aromatic rings. The number of nitrogens with zero attached hydrogens (tertiary/aromatic N) is 2. The zero-order valence-corrected chi connectivity index (χ0v) is 10.5. The normalized spacial score (nSPS) is 19.3. The molecule has 1 aliphatic heterocycles. The topological polar surface area (TPSA) is 80.5 Å². The van der Waals surface area contributed by atoms with Crippen LogP contribution in [0, 0.1) is 16.0 Å². The molecule has 1 aromatic carbocycles. The molecular weight excluding hydrogens is 248 g/mol. The number of piperidine rings is 1. The highest BCUT2D eigenvalue weighted by molar-refractivity contribution is 5.99. The van der Waals surface area contributed by atoms with Gasteiger partial charge in [-0.3, -0.25) is 19.7 Å². The van der Waals surface area contributed by atoms with Crippen molar-refractivity contribution < 1.29 is 14.5 Å². The van der Waals surface area contributed by atoms with Crippen LogP contribution in [0.15, 0.2) is 24.3 Å². The molecule has 19 heavy (non-hydrogen) atoms. The van der Waals surface area contributed by atoms with Crippen molar-refractivity contribution in [2.75, 3.05) is 13.1 Å². The van der Waals surface area contributed by atoms with Gasteiger partial charge in [0.1, 0.15) is 11.3 Å². The number of Topliss-reactive ketones (excluding diaryl/α,β-unsaturated/α-hetero) is 1. The first-order valence-electron chi connectivity index (χ1n) is 6.06. The van der Waals surface area contributed by atoms with Crippen LogP contribution in [0.3, 0.4) is 0 Å². The van der Waals surface area contributed by atoms with Gasteiger partial charge < -0.3 is 4.90 Å². The second kappa shape index (κ2) is 5.17. The van der Waals surface area contributed by atoms with E-state index in [1.165, 1.54) is 23.1 Å². The Morgan fingerprint density at radius 2 is 2.11 bits per heavy atom. The standard InChI is InChI=1S/C13H14N2O4/c1-9-8-14(7-6-12(9)16)13(17)10-4-2-3-5-11(10)15(18)19/h2-5,9H,6-8H2,1H3. The van der Waals surface area contributed by atoms with E-state index in [1.54, 1.807) is 13.0 Å². The number of rotatable bonds is 2. The summed E-state index contributed by atoms with van der Waals surface area (Å²) in [6.45, 7) is 2.42. The van der Waals surface area contributed by atoms with E-state index in [1.807, 2.05) is 0 Å². The third-order valence-corrected chi connectivity index (χ3v) is 3.29. The highest BCUT2D eigenvalue weighted by atomic mass is 16.6. The lowest BCUT2D eigenvalue weighted by Crippen LogP contribution is -2.43. The predicted molar refractivity (Wildman–Crippen MR) is 67.8 cm³/mol. The molecule has 1 atom stereocenters. The number of benzene rings is 1. The molecule has 0 N–H and O–H groups in total. The summed E-state index contributed by atoms with van der Waals surface area (Å²) in [5.74, 6) is -0.460. The molecular formula is C13H14N2O4. The fourth-order valence-corrected chi connectivity index (χ4v) is 2.18. The van der Waals surface area contributed by atoms with Gasteiger partial charge in [-0.1, -0.05) is 19.1 Å². The number of amides is 1. The molecule has 1 saturated heterocycles. The lowest BCUT2D eigenvalue weighted by atomic mass is 9.98. The highest BCUT2D eigenvalue weighted by Crippen LogP contribution is 2.22. The second-order valence-electron chi connectivity index (χ2n) is 4.64. The molecule has 6 heteroatoms. The van der Waals surface area contributed by atoms with E-state index < -0.39 is 4.92 Å². The third kappa shape index (κ3) is 2.62. The number of nitro benzene ring substituents is 1. The van der Waals surface area contributed by atoms with E-state index in [2.05, 4.69) is 0 Å². The highest BCUT2D eigenvalue weighted by Gasteiger charge is 2.30. The number of likely N-dealkylation sites (tertiary alicyclic amines) is 1. The molecule has 1 fully saturated rings. The Morgan fingerprint density at radius 3 is 2.74 bits per heavy atom. The van der Waals surface area contributed by atoms with Gasteiger partial charge in [-0.25, -0.2) is 0 Å². The molecule has 1 unspecified atom stereocenters. The van der Waals surface area contributed by atoms with Crippen molar-refractivity contribution in [3.63, 3.8) is 0 Å². The third-order valence-electron chi connectivity index (χ3n) is 3.29. The van der Waals surface area contributed by atoms with Crippen molar-refractivity contribution in [1.29, 1.82) is 0 Å². The second-order valence-corrected chi connectivity index (χ2v) is 4.64. The average molecular weight is 262 g/mol. The first-order valence-corrected chi connectivity index (χ1v) is 6.06. The Morgan fingerprint density at radius 1 is 1.42 bits per heavy atom. The Kier molecular flexibility index (Phi) is 3.59. The smallest absolute Gasteiger partial charge is 0.282 e. The quantitative estimate of drug-likeness (QED) is 0.599. The van der Waals surface area contributed by atoms with Gasteiger partial charge in [0.2, 0.25) is 0 Å². The van der Waals surface area contributed by atoms with Crippen LogP contribution in [0.5, 0.6) is 0 Å². The Labute approximate surface area is 110 Å². The fraction of sp³-hybridized carbons (Fsp3) is 0.385. The maximum absolute atomic E-state index is 12.3. The molecule has 2 rings (SSSR count). The van der Waals surface area contributed by atoms with Crippen LogP contribution in [-0.2, 0) is 4.79 Å². The summed E-state index contributed by atoms with van der Waals surface area (Å²) in [7, 11) is 0. The molecule has 0 aromatic heterocycles. The largest absolute Gasteiger partial charge is 0.337 e. The zero-order valence-electron chi connectivity index (χ0n) is 10.5. The van der Waals surface area contributed by atoms with Gasteiger partial charge in [-0.2, -0.15) is 0 Å². The molecule has 0 spiro atoms. The Balaban J connectivity index is 2.25. The number of hydrogen-bond acceptors (Lipinski definition) is 4. The van der Waals surface area contributed by atoms with Crippen molar-refractivity contribution in [2.24, 2.45) is 5.92 Å². The minimum atomic E-state index is -0.564. The van der Waals surface area contributed by atoms with Gasteiger partial charge in [0, 0.05) is 31.5 Å². The Hall–Kier alpha value is -2.24. The van der Waals surface area contributed by atoms with Crippen molar-refractivity contribution in [2.45, 2.75) is 13.3 Å². The van der Waals surface area contributed by atoms with Crippen molar-refractivity contribution in [1.82, 2.24) is 4.90 Å². The summed E-state index contributed by atoms with van der Waals surface area (Å²) in [4.78, 5) is 35.6. The molecule has 0 saturated carbocycles. The lowest BCUT2D eigenvalue weighted by Gasteiger charge is -2.29. The van der Waals surface area contributed by atoms with Crippen molar-refractivity contribution in [3.05, 3.63) is 39.9 Å². The zero-order chi connectivity index (χ0) is 14.0. The van der Waals surface area contributed by atoms with Gasteiger partial charge in [0.05, 0.1) is 4.92 Å². The number of ketones is 1. The molecule has 1 amide bonds. The van der Waals surface area contributed by atoms with E-state index in [4.69, 9.17) is 0 Å². The van der Waals surface area contributed by atoms with E-state index in [9.17, 15) is 19.7 Å². The van der Waals surface area contributed by atoms with Crippen LogP contribution in [0.4, 0.5) is 5.69 Å². The molecule has 6 nitrogen and oxygen atoms in total. The minimum absolute atomic E-state index is 0.0778. The predicted octanol–water partition coefficient (Wildman–Crippen LogP) is 1.65. The van der Waals surface area contributed by atoms with Crippen LogP contribution in [0.25, 0.3) is 0 Å². The summed E-state index contributed by atoms with van der Waals surface area (Å²) in [5.41, 5.74) is -0.119. The van der Waals surface area contributed by atoms with Crippen molar-refractivity contribution >= 4 is 17.4 Å². The first-order chi connectivity index (χ1) is 9.00. The summed E-state index contributed by atoms with van der Waals surface area (Å²) < 4.78 is 0. The van der Waals surface area contributed by atoms with Crippen molar-refractivity contribution in [3.8, 4) is 0 Å². The summed E-state index contributed by atoms with van der Waals surface area (Å²) in [6.07, 6.45) is 0.313. The number of carbonyl (C=O) groups excluding carboxylic acids is 2. The van der Waals surface area contributed by atoms with Gasteiger partial charge >= 0.3 is 0 Å². The van der Waals surface area contributed by atoms with Crippen LogP contribution in [0.2, 0.25) is 0 Å². The maximum Gasteiger partial charge on any atom is 0.282 e. The number of hydrogen-bond donors (Lipinski definition) is 0. The molecule has 1 heterocycles. The van der Waals surface area contributed by atoms with Gasteiger partial charge in [-0.05, 0) is 6.07 Å². The lowest BCUT2D eigenvalue weighted by molar-refractivity contribution is -0.385. The molecule has 0 bridgehead atoms. The van der Waals surface area contributed by atoms with E-state index in [0.717, 1.165) is 0 Å². The minimum Gasteiger partial charge on any atom is -0.337 e. The monoisotopic (exact) mass is 262 g/mol. The number of carbonyl (C=O) groups is 2. The molecule has 1 aliphatic rings. The molecule has 0 radical (unpaired) electrons. The van der Waals surface area contributed by atoms with Gasteiger partial charge in [-0.15, -0.1) is 0 Å². The summed E-state index contributed by atoms with van der Waals surface area (Å²) in [5, 5.41) is 10.9. The first kappa shape index (κ1) is 13.2. The SMILES string of the molecule is CC1CN(C(=O)c2ccccc2[N+](=O)[O-])CCC1=O. The maximum atomic E-state index is 12.3.